The van der Waals surface area contributed by atoms with Crippen LogP contribution in [0.1, 0.15) is 238 Å². The van der Waals surface area contributed by atoms with Gasteiger partial charge in [0.2, 0.25) is 0 Å². The van der Waals surface area contributed by atoms with E-state index in [9.17, 15) is 9.59 Å². The Bertz CT molecular complexity index is 3010. The first-order chi connectivity index (χ1) is 40.1. The van der Waals surface area contributed by atoms with E-state index < -0.39 is 40.0 Å². The SMILES string of the molecule is CCOC(=O)C(C)Oc1c(Cl)ccc(P(c2cc(C(C)(C)C)cc(C(C)(C)C)c2)c2cc(C(C)(C)C)cc(C(C)(C)C)c2)c1-c1c(P(c2cc(C(C)(C)C)cc(C(C)(C)C)c2)c2cc(C(C)(C)C)cc(C(C)(C)C)c2)ccc(Cl)c1OC(C)C(=O)OCC. The van der Waals surface area contributed by atoms with Crippen molar-refractivity contribution in [2.45, 2.75) is 249 Å². The third-order valence-corrected chi connectivity index (χ3v) is 21.8. The normalized spacial score (nSPS) is 13.9. The molecular formula is C78H106Cl2O6P2. The van der Waals surface area contributed by atoms with Gasteiger partial charge < -0.3 is 18.9 Å². The van der Waals surface area contributed by atoms with Gasteiger partial charge in [-0.2, -0.15) is 0 Å². The Morgan fingerprint density at radius 1 is 0.352 bits per heavy atom. The first kappa shape index (κ1) is 72.4. The highest BCUT2D eigenvalue weighted by atomic mass is 35.5. The van der Waals surface area contributed by atoms with Gasteiger partial charge in [-0.1, -0.05) is 274 Å². The van der Waals surface area contributed by atoms with Crippen molar-refractivity contribution in [1.82, 2.24) is 0 Å². The van der Waals surface area contributed by atoms with E-state index in [-0.39, 0.29) is 78.1 Å². The van der Waals surface area contributed by atoms with E-state index in [1.165, 1.54) is 44.5 Å². The largest absolute Gasteiger partial charge is 0.477 e. The van der Waals surface area contributed by atoms with Gasteiger partial charge in [0, 0.05) is 11.1 Å². The zero-order valence-corrected chi connectivity index (χ0v) is 62.2. The Hall–Kier alpha value is -4.70. The summed E-state index contributed by atoms with van der Waals surface area (Å²) >= 11 is 15.7. The van der Waals surface area contributed by atoms with Gasteiger partial charge in [-0.25, -0.2) is 9.59 Å². The van der Waals surface area contributed by atoms with Crippen molar-refractivity contribution in [2.24, 2.45) is 0 Å². The van der Waals surface area contributed by atoms with Crippen LogP contribution in [-0.2, 0) is 62.4 Å². The molecule has 0 aromatic heterocycles. The van der Waals surface area contributed by atoms with Crippen molar-refractivity contribution in [2.75, 3.05) is 13.2 Å². The first-order valence-electron chi connectivity index (χ1n) is 31.6. The smallest absolute Gasteiger partial charge is 0.347 e. The summed E-state index contributed by atoms with van der Waals surface area (Å²) in [4.78, 5) is 28.4. The molecule has 2 atom stereocenters. The topological polar surface area (TPSA) is 71.1 Å². The molecule has 0 amide bonds. The predicted octanol–water partition coefficient (Wildman–Crippen LogP) is 19.2. The second-order valence-electron chi connectivity index (χ2n) is 32.3. The van der Waals surface area contributed by atoms with E-state index in [0.717, 1.165) is 31.8 Å². The average molecular weight is 1270 g/mol. The van der Waals surface area contributed by atoms with Crippen molar-refractivity contribution in [3.8, 4) is 22.6 Å². The fraction of sp³-hybridized carbons (Fsp3) is 0.513. The number of esters is 2. The molecule has 0 radical (unpaired) electrons. The van der Waals surface area contributed by atoms with Gasteiger partial charge >= 0.3 is 11.9 Å². The average Bonchev–Trinajstić information content (AvgIpc) is 0.743. The molecule has 0 bridgehead atoms. The lowest BCUT2D eigenvalue weighted by Crippen LogP contribution is -2.32. The molecule has 0 aliphatic carbocycles. The second-order valence-corrected chi connectivity index (χ2v) is 37.5. The van der Waals surface area contributed by atoms with Crippen molar-refractivity contribution in [3.05, 3.63) is 152 Å². The summed E-state index contributed by atoms with van der Waals surface area (Å²) in [6.07, 6.45) is -2.23. The number of ether oxygens (including phenoxy) is 4. The Morgan fingerprint density at radius 3 is 0.716 bits per heavy atom. The number of halogens is 2. The van der Waals surface area contributed by atoms with Crippen LogP contribution in [0.4, 0.5) is 0 Å². The van der Waals surface area contributed by atoms with Gasteiger partial charge in [-0.15, -0.1) is 0 Å². The van der Waals surface area contributed by atoms with Crippen LogP contribution in [0.25, 0.3) is 11.1 Å². The first-order valence-corrected chi connectivity index (χ1v) is 35.1. The van der Waals surface area contributed by atoms with E-state index >= 15 is 0 Å². The molecule has 88 heavy (non-hydrogen) atoms. The van der Waals surface area contributed by atoms with Gasteiger partial charge in [0.25, 0.3) is 0 Å². The number of hydrogen-bond donors (Lipinski definition) is 0. The van der Waals surface area contributed by atoms with Crippen LogP contribution in [0.3, 0.4) is 0 Å². The summed E-state index contributed by atoms with van der Waals surface area (Å²) in [5, 5.41) is 6.84. The van der Waals surface area contributed by atoms with Crippen LogP contribution in [0, 0.1) is 0 Å². The summed E-state index contributed by atoms with van der Waals surface area (Å²) in [6.45, 7) is 62.1. The van der Waals surface area contributed by atoms with Crippen LogP contribution in [0.15, 0.2) is 97.1 Å². The molecule has 0 saturated carbocycles. The van der Waals surface area contributed by atoms with Crippen LogP contribution < -0.4 is 41.3 Å². The summed E-state index contributed by atoms with van der Waals surface area (Å²) in [7, 11) is -3.28. The molecule has 478 valence electrons. The molecule has 0 aliphatic heterocycles. The minimum atomic E-state index is -1.64. The zero-order valence-electron chi connectivity index (χ0n) is 58.9. The van der Waals surface area contributed by atoms with E-state index in [2.05, 4.69) is 251 Å². The van der Waals surface area contributed by atoms with Crippen LogP contribution in [0.2, 0.25) is 10.0 Å². The van der Waals surface area contributed by atoms with Crippen molar-refractivity contribution in [1.29, 1.82) is 0 Å². The maximum Gasteiger partial charge on any atom is 0.347 e. The Labute approximate surface area is 544 Å². The molecule has 0 fully saturated rings. The summed E-state index contributed by atoms with van der Waals surface area (Å²) in [5.74, 6) is -0.548. The van der Waals surface area contributed by atoms with Gasteiger partial charge in [0.05, 0.1) is 23.3 Å². The maximum absolute atomic E-state index is 14.2. The van der Waals surface area contributed by atoms with Gasteiger partial charge in [0.15, 0.2) is 12.2 Å². The van der Waals surface area contributed by atoms with Crippen molar-refractivity contribution >= 4 is 82.8 Å². The third-order valence-electron chi connectivity index (χ3n) is 16.4. The van der Waals surface area contributed by atoms with E-state index in [4.69, 9.17) is 42.1 Å². The molecule has 0 aliphatic rings. The third kappa shape index (κ3) is 17.1. The van der Waals surface area contributed by atoms with Crippen molar-refractivity contribution in [3.63, 3.8) is 0 Å². The summed E-state index contributed by atoms with van der Waals surface area (Å²) in [5.41, 5.74) is 8.90. The lowest BCUT2D eigenvalue weighted by Gasteiger charge is -2.34. The Kier molecular flexibility index (Phi) is 21.8. The van der Waals surface area contributed by atoms with Gasteiger partial charge in [0.1, 0.15) is 11.5 Å². The highest BCUT2D eigenvalue weighted by Crippen LogP contribution is 2.53. The molecule has 6 aromatic rings. The Balaban J connectivity index is 2.09. The number of rotatable bonds is 15. The van der Waals surface area contributed by atoms with E-state index in [1.807, 2.05) is 12.1 Å². The molecule has 0 N–H and O–H groups in total. The molecular weight excluding hydrogens is 1170 g/mol. The highest BCUT2D eigenvalue weighted by molar-refractivity contribution is 7.80. The zero-order chi connectivity index (χ0) is 66.6. The molecule has 6 nitrogen and oxygen atoms in total. The quantitative estimate of drug-likeness (QED) is 0.0754. The van der Waals surface area contributed by atoms with Gasteiger partial charge in [-0.05, 0) is 175 Å². The highest BCUT2D eigenvalue weighted by Gasteiger charge is 2.38. The van der Waals surface area contributed by atoms with Crippen molar-refractivity contribution < 1.29 is 28.5 Å². The second kappa shape index (κ2) is 26.5. The molecule has 0 heterocycles. The lowest BCUT2D eigenvalue weighted by molar-refractivity contribution is -0.151. The minimum absolute atomic E-state index is 0.153. The Morgan fingerprint density at radius 2 is 0.545 bits per heavy atom. The fourth-order valence-electron chi connectivity index (χ4n) is 10.4. The van der Waals surface area contributed by atoms with Crippen LogP contribution >= 0.6 is 39.0 Å². The molecule has 0 spiro atoms. The minimum Gasteiger partial charge on any atom is -0.477 e. The summed E-state index contributed by atoms with van der Waals surface area (Å²) in [6, 6.07) is 36.9. The monoisotopic (exact) mass is 1270 g/mol. The number of carbonyl (C=O) groups is 2. The number of benzene rings is 6. The number of hydrogen-bond acceptors (Lipinski definition) is 6. The van der Waals surface area contributed by atoms with Gasteiger partial charge in [-0.3, -0.25) is 0 Å². The van der Waals surface area contributed by atoms with Crippen LogP contribution in [-0.4, -0.2) is 37.4 Å². The summed E-state index contributed by atoms with van der Waals surface area (Å²) < 4.78 is 25.9. The van der Waals surface area contributed by atoms with E-state index in [1.54, 1.807) is 27.7 Å². The molecule has 6 rings (SSSR count). The lowest BCUT2D eigenvalue weighted by atomic mass is 9.81. The number of carbonyl (C=O) groups excluding carboxylic acids is 2. The molecule has 2 unspecified atom stereocenters. The fourth-order valence-corrected chi connectivity index (χ4v) is 16.0. The standard InChI is InChI=1S/C78H106Cl2O6P2/c1-29-83-69(81)47(3)85-67-61(79)31-33-63(87(57-39-49(71(5,6)7)35-50(40-57)72(8,9)10)58-41-51(73(11,12)13)36-52(42-58)74(14,15)16)65(67)66-64(34-32-62(80)68(66)86-48(4)70(82)84-30-2)88(59-43-53(75(17,18)19)37-54(44-59)76(20,21)22)60-45-55(77(23,24)25)38-56(46-60)78(26,27)28/h31-48H,29-30H2,1-28H3. The van der Waals surface area contributed by atoms with Crippen LogP contribution in [0.5, 0.6) is 11.5 Å². The molecule has 10 heteroatoms. The predicted molar refractivity (Wildman–Crippen MR) is 382 cm³/mol. The molecule has 6 aromatic carbocycles. The van der Waals surface area contributed by atoms with E-state index in [0.29, 0.717) is 11.1 Å². The molecule has 0 saturated heterocycles. The maximum atomic E-state index is 14.2.